The minimum atomic E-state index is -0.679. The summed E-state index contributed by atoms with van der Waals surface area (Å²) in [6.45, 7) is 1.46. The monoisotopic (exact) mass is 316 g/mol. The summed E-state index contributed by atoms with van der Waals surface area (Å²) in [5, 5.41) is 3.91. The number of hydrogen-bond acceptors (Lipinski definition) is 2. The number of nitrogens with zero attached hydrogens (tertiary/aromatic N) is 1. The topological polar surface area (TPSA) is 24.9 Å². The smallest absolute Gasteiger partial charge is 0.152 e. The Labute approximate surface area is 126 Å². The van der Waals surface area contributed by atoms with Crippen molar-refractivity contribution in [3.05, 3.63) is 52.2 Å². The van der Waals surface area contributed by atoms with Gasteiger partial charge >= 0.3 is 0 Å². The van der Waals surface area contributed by atoms with Gasteiger partial charge < -0.3 is 5.32 Å². The van der Waals surface area contributed by atoms with Crippen LogP contribution in [0, 0.1) is 11.6 Å². The van der Waals surface area contributed by atoms with Crippen molar-refractivity contribution in [2.75, 3.05) is 6.54 Å². The third-order valence-corrected chi connectivity index (χ3v) is 3.64. The van der Waals surface area contributed by atoms with Gasteiger partial charge in [-0.3, -0.25) is 4.98 Å². The summed E-state index contributed by atoms with van der Waals surface area (Å²) in [6, 6.07) is 4.32. The highest BCUT2D eigenvalue weighted by Gasteiger charge is 2.19. The van der Waals surface area contributed by atoms with E-state index in [1.807, 2.05) is 0 Å². The average molecular weight is 317 g/mol. The molecule has 1 aliphatic heterocycles. The summed E-state index contributed by atoms with van der Waals surface area (Å²) in [6.07, 6.45) is 1.82. The maximum absolute atomic E-state index is 13.9. The second-order valence-corrected chi connectivity index (χ2v) is 4.87. The van der Waals surface area contributed by atoms with Crippen molar-refractivity contribution in [1.29, 1.82) is 0 Å². The Hall–Kier alpha value is -1.23. The second-order valence-electron chi connectivity index (χ2n) is 4.46. The van der Waals surface area contributed by atoms with Crippen LogP contribution in [0.2, 0.25) is 5.02 Å². The van der Waals surface area contributed by atoms with Gasteiger partial charge in [0.1, 0.15) is 11.5 Å². The van der Waals surface area contributed by atoms with Gasteiger partial charge in [-0.2, -0.15) is 0 Å². The van der Waals surface area contributed by atoms with Gasteiger partial charge in [-0.15, -0.1) is 12.4 Å². The standard InChI is InChI=1S/C14H11ClF2N2.ClH/c15-12-2-1-10(11-7-18-4-3-9(11)12)14-13(17)5-8(16)6-19-14;/h1-2,5-6,18H,3-4,7H2;1H. The number of nitrogens with one attached hydrogen (secondary N) is 1. The van der Waals surface area contributed by atoms with Crippen LogP contribution in [0.15, 0.2) is 24.4 Å². The molecule has 2 nitrogen and oxygen atoms in total. The van der Waals surface area contributed by atoms with Crippen molar-refractivity contribution in [3.8, 4) is 11.3 Å². The average Bonchev–Trinajstić information content (AvgIpc) is 2.41. The Morgan fingerprint density at radius 3 is 2.75 bits per heavy atom. The van der Waals surface area contributed by atoms with Crippen LogP contribution in [0.3, 0.4) is 0 Å². The van der Waals surface area contributed by atoms with Crippen LogP contribution in [-0.2, 0) is 13.0 Å². The molecule has 1 aromatic heterocycles. The van der Waals surface area contributed by atoms with E-state index in [0.717, 1.165) is 36.4 Å². The summed E-state index contributed by atoms with van der Waals surface area (Å²) in [7, 11) is 0. The molecule has 20 heavy (non-hydrogen) atoms. The van der Waals surface area contributed by atoms with Crippen LogP contribution in [0.4, 0.5) is 8.78 Å². The maximum atomic E-state index is 13.9. The Kier molecular flexibility index (Phi) is 4.58. The molecule has 2 heterocycles. The van der Waals surface area contributed by atoms with E-state index in [9.17, 15) is 8.78 Å². The van der Waals surface area contributed by atoms with Gasteiger partial charge in [0, 0.05) is 23.2 Å². The Bertz CT molecular complexity index is 647. The number of hydrogen-bond donors (Lipinski definition) is 1. The van der Waals surface area contributed by atoms with Gasteiger partial charge in [0.2, 0.25) is 0 Å². The summed E-state index contributed by atoms with van der Waals surface area (Å²) in [5.41, 5.74) is 2.79. The molecule has 1 aromatic carbocycles. The van der Waals surface area contributed by atoms with Crippen LogP contribution in [0.1, 0.15) is 11.1 Å². The molecule has 3 rings (SSSR count). The van der Waals surface area contributed by atoms with Crippen molar-refractivity contribution >= 4 is 24.0 Å². The van der Waals surface area contributed by atoms with E-state index < -0.39 is 11.6 Å². The maximum Gasteiger partial charge on any atom is 0.152 e. The number of fused-ring (bicyclic) bond motifs is 1. The van der Waals surface area contributed by atoms with Crippen molar-refractivity contribution in [1.82, 2.24) is 10.3 Å². The van der Waals surface area contributed by atoms with Crippen molar-refractivity contribution in [3.63, 3.8) is 0 Å². The fraction of sp³-hybridized carbons (Fsp3) is 0.214. The quantitative estimate of drug-likeness (QED) is 0.866. The van der Waals surface area contributed by atoms with Crippen LogP contribution in [-0.4, -0.2) is 11.5 Å². The molecular formula is C14H12Cl2F2N2. The van der Waals surface area contributed by atoms with Crippen molar-refractivity contribution < 1.29 is 8.78 Å². The zero-order valence-electron chi connectivity index (χ0n) is 10.4. The number of pyridine rings is 1. The lowest BCUT2D eigenvalue weighted by Gasteiger charge is -2.21. The Balaban J connectivity index is 0.00000147. The zero-order valence-corrected chi connectivity index (χ0v) is 12.0. The van der Waals surface area contributed by atoms with Gasteiger partial charge in [-0.05, 0) is 30.2 Å². The second kappa shape index (κ2) is 6.04. The predicted octanol–water partition coefficient (Wildman–Crippen LogP) is 3.75. The predicted molar refractivity (Wildman–Crippen MR) is 77.3 cm³/mol. The van der Waals surface area contributed by atoms with E-state index in [2.05, 4.69) is 10.3 Å². The van der Waals surface area contributed by atoms with Gasteiger partial charge in [0.15, 0.2) is 5.82 Å². The van der Waals surface area contributed by atoms with Crippen LogP contribution in [0.5, 0.6) is 0 Å². The van der Waals surface area contributed by atoms with Gasteiger partial charge in [0.05, 0.1) is 6.20 Å². The van der Waals surface area contributed by atoms with Gasteiger partial charge in [-0.25, -0.2) is 8.78 Å². The first-order valence-corrected chi connectivity index (χ1v) is 6.37. The SMILES string of the molecule is Cl.Fc1cnc(-c2ccc(Cl)c3c2CNCC3)c(F)c1. The third-order valence-electron chi connectivity index (χ3n) is 3.29. The molecular weight excluding hydrogens is 305 g/mol. The van der Waals surface area contributed by atoms with E-state index >= 15 is 0 Å². The largest absolute Gasteiger partial charge is 0.312 e. The highest BCUT2D eigenvalue weighted by Crippen LogP contribution is 2.33. The first-order chi connectivity index (χ1) is 9.16. The molecule has 0 fully saturated rings. The fourth-order valence-electron chi connectivity index (χ4n) is 2.40. The lowest BCUT2D eigenvalue weighted by Crippen LogP contribution is -2.24. The minimum Gasteiger partial charge on any atom is -0.312 e. The zero-order chi connectivity index (χ0) is 13.4. The number of halogens is 4. The van der Waals surface area contributed by atoms with Crippen molar-refractivity contribution in [2.45, 2.75) is 13.0 Å². The molecule has 0 atom stereocenters. The van der Waals surface area contributed by atoms with Crippen molar-refractivity contribution in [2.24, 2.45) is 0 Å². The molecule has 0 saturated carbocycles. The molecule has 1 aliphatic rings. The number of rotatable bonds is 1. The Morgan fingerprint density at radius 2 is 2.00 bits per heavy atom. The summed E-state index contributed by atoms with van der Waals surface area (Å²) in [5.74, 6) is -1.34. The first-order valence-electron chi connectivity index (χ1n) is 5.99. The van der Waals surface area contributed by atoms with Gasteiger partial charge in [-0.1, -0.05) is 17.7 Å². The highest BCUT2D eigenvalue weighted by molar-refractivity contribution is 6.31. The summed E-state index contributed by atoms with van der Waals surface area (Å²) in [4.78, 5) is 3.86. The molecule has 0 radical (unpaired) electrons. The van der Waals surface area contributed by atoms with E-state index in [1.165, 1.54) is 0 Å². The highest BCUT2D eigenvalue weighted by atomic mass is 35.5. The molecule has 1 N–H and O–H groups in total. The lowest BCUT2D eigenvalue weighted by molar-refractivity contribution is 0.575. The fourth-order valence-corrected chi connectivity index (χ4v) is 2.67. The molecule has 0 aliphatic carbocycles. The van der Waals surface area contributed by atoms with Crippen LogP contribution in [0.25, 0.3) is 11.3 Å². The molecule has 0 saturated heterocycles. The summed E-state index contributed by atoms with van der Waals surface area (Å²) >= 11 is 6.16. The lowest BCUT2D eigenvalue weighted by atomic mass is 9.94. The van der Waals surface area contributed by atoms with E-state index in [1.54, 1.807) is 12.1 Å². The molecule has 0 unspecified atom stereocenters. The molecule has 0 spiro atoms. The molecule has 0 amide bonds. The van der Waals surface area contributed by atoms with E-state index in [0.29, 0.717) is 17.1 Å². The minimum absolute atomic E-state index is 0. The van der Waals surface area contributed by atoms with E-state index in [-0.39, 0.29) is 18.1 Å². The van der Waals surface area contributed by atoms with Crippen LogP contribution < -0.4 is 5.32 Å². The number of aromatic nitrogens is 1. The van der Waals surface area contributed by atoms with E-state index in [4.69, 9.17) is 11.6 Å². The summed E-state index contributed by atoms with van der Waals surface area (Å²) < 4.78 is 26.8. The molecule has 0 bridgehead atoms. The Morgan fingerprint density at radius 1 is 1.20 bits per heavy atom. The third kappa shape index (κ3) is 2.64. The number of benzene rings is 1. The molecule has 106 valence electrons. The van der Waals surface area contributed by atoms with Gasteiger partial charge in [0.25, 0.3) is 0 Å². The molecule has 2 aromatic rings. The first kappa shape index (κ1) is 15.2. The molecule has 6 heteroatoms. The normalized spacial score (nSPS) is 13.6. The van der Waals surface area contributed by atoms with Crippen LogP contribution >= 0.6 is 24.0 Å².